The van der Waals surface area contributed by atoms with Gasteiger partial charge < -0.3 is 9.42 Å². The Morgan fingerprint density at radius 1 is 1.12 bits per heavy atom. The summed E-state index contributed by atoms with van der Waals surface area (Å²) < 4.78 is 19.0. The minimum atomic E-state index is -0.331. The minimum absolute atomic E-state index is 0.171. The molecule has 1 amide bonds. The van der Waals surface area contributed by atoms with Gasteiger partial charge in [-0.2, -0.15) is 0 Å². The molecule has 3 rings (SSSR count). The van der Waals surface area contributed by atoms with Gasteiger partial charge in [-0.05, 0) is 13.0 Å². The maximum Gasteiger partial charge on any atom is 0.259 e. The highest BCUT2D eigenvalue weighted by Gasteiger charge is 2.24. The highest BCUT2D eigenvalue weighted by atomic mass is 19.1. The van der Waals surface area contributed by atoms with E-state index >= 15 is 0 Å². The van der Waals surface area contributed by atoms with E-state index < -0.39 is 0 Å². The number of nitrogens with zero attached hydrogens (tertiary/aromatic N) is 2. The van der Waals surface area contributed by atoms with Gasteiger partial charge in [0.15, 0.2) is 0 Å². The van der Waals surface area contributed by atoms with Gasteiger partial charge in [-0.25, -0.2) is 4.39 Å². The molecule has 0 atom stereocenters. The molecule has 0 bridgehead atoms. The Morgan fingerprint density at radius 2 is 1.79 bits per heavy atom. The molecule has 3 aromatic rings. The molecular weight excluding hydrogens is 307 g/mol. The summed E-state index contributed by atoms with van der Waals surface area (Å²) >= 11 is 0. The van der Waals surface area contributed by atoms with Crippen molar-refractivity contribution in [1.82, 2.24) is 10.1 Å². The Labute approximate surface area is 139 Å². The van der Waals surface area contributed by atoms with Gasteiger partial charge >= 0.3 is 0 Å². The number of aromatic nitrogens is 1. The third-order valence-electron chi connectivity index (χ3n) is 3.84. The number of benzene rings is 2. The van der Waals surface area contributed by atoms with E-state index in [0.717, 1.165) is 5.56 Å². The van der Waals surface area contributed by atoms with Crippen molar-refractivity contribution >= 4 is 5.91 Å². The van der Waals surface area contributed by atoms with Crippen molar-refractivity contribution in [1.29, 1.82) is 0 Å². The summed E-state index contributed by atoms with van der Waals surface area (Å²) in [4.78, 5) is 14.3. The van der Waals surface area contributed by atoms with Crippen LogP contribution in [0.15, 0.2) is 59.1 Å². The fourth-order valence-corrected chi connectivity index (χ4v) is 2.56. The van der Waals surface area contributed by atoms with Gasteiger partial charge in [0.05, 0.1) is 0 Å². The van der Waals surface area contributed by atoms with Gasteiger partial charge in [-0.1, -0.05) is 53.7 Å². The summed E-state index contributed by atoms with van der Waals surface area (Å²) in [5.41, 5.74) is 2.17. The Morgan fingerprint density at radius 3 is 2.50 bits per heavy atom. The van der Waals surface area contributed by atoms with Crippen molar-refractivity contribution in [2.24, 2.45) is 0 Å². The van der Waals surface area contributed by atoms with Crippen molar-refractivity contribution in [2.45, 2.75) is 13.5 Å². The Balaban J connectivity index is 1.90. The van der Waals surface area contributed by atoms with Crippen LogP contribution in [0.2, 0.25) is 0 Å². The minimum Gasteiger partial charge on any atom is -0.360 e. The van der Waals surface area contributed by atoms with Crippen molar-refractivity contribution < 1.29 is 13.7 Å². The van der Waals surface area contributed by atoms with Gasteiger partial charge in [-0.15, -0.1) is 0 Å². The topological polar surface area (TPSA) is 46.3 Å². The van der Waals surface area contributed by atoms with E-state index in [1.807, 2.05) is 30.3 Å². The van der Waals surface area contributed by atoms with Crippen LogP contribution < -0.4 is 0 Å². The van der Waals surface area contributed by atoms with Gasteiger partial charge in [0.1, 0.15) is 22.8 Å². The average molecular weight is 324 g/mol. The number of halogens is 1. The number of amides is 1. The highest BCUT2D eigenvalue weighted by Crippen LogP contribution is 2.26. The van der Waals surface area contributed by atoms with Crippen LogP contribution in [-0.4, -0.2) is 23.0 Å². The molecule has 122 valence electrons. The number of carbonyl (C=O) groups is 1. The quantitative estimate of drug-likeness (QED) is 0.727. The van der Waals surface area contributed by atoms with Crippen LogP contribution in [0, 0.1) is 12.7 Å². The molecular formula is C19H17FN2O2. The molecule has 0 aliphatic carbocycles. The molecule has 0 spiro atoms. The lowest BCUT2D eigenvalue weighted by atomic mass is 10.1. The third-order valence-corrected chi connectivity index (χ3v) is 3.84. The van der Waals surface area contributed by atoms with Crippen molar-refractivity contribution in [3.05, 3.63) is 77.3 Å². The maximum atomic E-state index is 13.8. The summed E-state index contributed by atoms with van der Waals surface area (Å²) in [5.74, 6) is -0.141. The zero-order valence-corrected chi connectivity index (χ0v) is 13.5. The molecule has 2 aromatic carbocycles. The number of hydrogen-bond donors (Lipinski definition) is 0. The molecule has 1 heterocycles. The van der Waals surface area contributed by atoms with Crippen LogP contribution in [0.25, 0.3) is 11.3 Å². The van der Waals surface area contributed by atoms with E-state index in [4.69, 9.17) is 4.52 Å². The van der Waals surface area contributed by atoms with E-state index in [1.165, 1.54) is 11.0 Å². The second-order valence-electron chi connectivity index (χ2n) is 5.58. The molecule has 0 saturated heterocycles. The fourth-order valence-electron chi connectivity index (χ4n) is 2.56. The molecule has 0 aliphatic heterocycles. The van der Waals surface area contributed by atoms with Crippen LogP contribution in [0.1, 0.15) is 21.7 Å². The van der Waals surface area contributed by atoms with Crippen LogP contribution >= 0.6 is 0 Å². The summed E-state index contributed by atoms with van der Waals surface area (Å²) in [7, 11) is 1.63. The average Bonchev–Trinajstić information content (AvgIpc) is 2.98. The number of hydrogen-bond acceptors (Lipinski definition) is 3. The molecule has 1 aromatic heterocycles. The van der Waals surface area contributed by atoms with Crippen molar-refractivity contribution in [3.63, 3.8) is 0 Å². The number of rotatable bonds is 4. The van der Waals surface area contributed by atoms with Crippen molar-refractivity contribution in [3.8, 4) is 11.3 Å². The van der Waals surface area contributed by atoms with E-state index in [9.17, 15) is 9.18 Å². The van der Waals surface area contributed by atoms with E-state index in [2.05, 4.69) is 5.16 Å². The van der Waals surface area contributed by atoms with Gasteiger partial charge in [0.25, 0.3) is 5.91 Å². The summed E-state index contributed by atoms with van der Waals surface area (Å²) in [6, 6.07) is 15.8. The molecule has 0 unspecified atom stereocenters. The SMILES string of the molecule is Cc1onc(-c2ccccc2)c1C(=O)N(C)Cc1ccccc1F. The van der Waals surface area contributed by atoms with E-state index in [1.54, 1.807) is 32.2 Å². The standard InChI is InChI=1S/C19H17FN2O2/c1-13-17(18(21-24-13)14-8-4-3-5-9-14)19(23)22(2)12-15-10-6-7-11-16(15)20/h3-11H,12H2,1-2H3. The first-order chi connectivity index (χ1) is 11.6. The Bertz CT molecular complexity index is 859. The Kier molecular flexibility index (Phi) is 4.42. The highest BCUT2D eigenvalue weighted by molar-refractivity contribution is 6.00. The number of carbonyl (C=O) groups excluding carboxylic acids is 1. The first kappa shape index (κ1) is 15.9. The maximum absolute atomic E-state index is 13.8. The van der Waals surface area contributed by atoms with E-state index in [-0.39, 0.29) is 18.3 Å². The lowest BCUT2D eigenvalue weighted by molar-refractivity contribution is 0.0782. The summed E-state index contributed by atoms with van der Waals surface area (Å²) in [6.45, 7) is 1.87. The van der Waals surface area contributed by atoms with Gasteiger partial charge in [0, 0.05) is 24.7 Å². The lowest BCUT2D eigenvalue weighted by Gasteiger charge is -2.17. The van der Waals surface area contributed by atoms with E-state index in [0.29, 0.717) is 22.6 Å². The zero-order chi connectivity index (χ0) is 17.1. The second-order valence-corrected chi connectivity index (χ2v) is 5.58. The van der Waals surface area contributed by atoms with Crippen molar-refractivity contribution in [2.75, 3.05) is 7.05 Å². The third kappa shape index (κ3) is 3.06. The lowest BCUT2D eigenvalue weighted by Crippen LogP contribution is -2.27. The fraction of sp³-hybridized carbons (Fsp3) is 0.158. The monoisotopic (exact) mass is 324 g/mol. The smallest absolute Gasteiger partial charge is 0.259 e. The molecule has 0 fully saturated rings. The predicted octanol–water partition coefficient (Wildman–Crippen LogP) is 4.06. The molecule has 24 heavy (non-hydrogen) atoms. The molecule has 0 saturated carbocycles. The molecule has 5 heteroatoms. The van der Waals surface area contributed by atoms with Crippen LogP contribution in [-0.2, 0) is 6.54 Å². The molecule has 0 N–H and O–H groups in total. The normalized spacial score (nSPS) is 10.6. The predicted molar refractivity (Wildman–Crippen MR) is 88.9 cm³/mol. The van der Waals surface area contributed by atoms with Crippen LogP contribution in [0.3, 0.4) is 0 Å². The van der Waals surface area contributed by atoms with Crippen LogP contribution in [0.4, 0.5) is 4.39 Å². The summed E-state index contributed by atoms with van der Waals surface area (Å²) in [5, 5.41) is 4.02. The molecule has 0 aliphatic rings. The zero-order valence-electron chi connectivity index (χ0n) is 13.5. The first-order valence-electron chi connectivity index (χ1n) is 7.58. The largest absolute Gasteiger partial charge is 0.360 e. The van der Waals surface area contributed by atoms with Gasteiger partial charge in [0.2, 0.25) is 0 Å². The first-order valence-corrected chi connectivity index (χ1v) is 7.58. The second kappa shape index (κ2) is 6.66. The molecule has 0 radical (unpaired) electrons. The number of aryl methyl sites for hydroxylation is 1. The Hall–Kier alpha value is -2.95. The molecule has 4 nitrogen and oxygen atoms in total. The summed E-state index contributed by atoms with van der Waals surface area (Å²) in [6.07, 6.45) is 0. The van der Waals surface area contributed by atoms with Gasteiger partial charge in [-0.3, -0.25) is 4.79 Å². The van der Waals surface area contributed by atoms with Crippen LogP contribution in [0.5, 0.6) is 0 Å².